The Bertz CT molecular complexity index is 416. The zero-order valence-electron chi connectivity index (χ0n) is 7.15. The number of rotatable bonds is 2. The molecule has 0 heterocycles. The van der Waals surface area contributed by atoms with Gasteiger partial charge in [-0.3, -0.25) is 10.1 Å². The third-order valence-corrected chi connectivity index (χ3v) is 1.91. The molecule has 0 radical (unpaired) electrons. The fourth-order valence-corrected chi connectivity index (χ4v) is 1.43. The molecular weight excluding hydrogens is 210 g/mol. The van der Waals surface area contributed by atoms with Gasteiger partial charge in [0.1, 0.15) is 10.6 Å². The number of aromatic carboxylic acids is 1. The van der Waals surface area contributed by atoms with E-state index < -0.39 is 16.6 Å². The molecule has 0 saturated carbocycles. The maximum absolute atomic E-state index is 10.7. The Morgan fingerprint density at radius 3 is 2.57 bits per heavy atom. The van der Waals surface area contributed by atoms with Gasteiger partial charge in [0, 0.05) is 0 Å². The van der Waals surface area contributed by atoms with Gasteiger partial charge in [-0.05, 0) is 24.6 Å². The number of carbonyl (C=O) groups is 1. The van der Waals surface area contributed by atoms with Crippen LogP contribution in [0.1, 0.15) is 15.9 Å². The topological polar surface area (TPSA) is 80.4 Å². The van der Waals surface area contributed by atoms with E-state index in [2.05, 4.69) is 0 Å². The summed E-state index contributed by atoms with van der Waals surface area (Å²) in [5, 5.41) is 19.1. The van der Waals surface area contributed by atoms with E-state index in [4.69, 9.17) is 16.7 Å². The Kier molecular flexibility index (Phi) is 2.71. The van der Waals surface area contributed by atoms with Gasteiger partial charge in [0.05, 0.1) is 4.92 Å². The third kappa shape index (κ3) is 1.82. The van der Waals surface area contributed by atoms with Gasteiger partial charge in [0.2, 0.25) is 0 Å². The average molecular weight is 216 g/mol. The second-order valence-electron chi connectivity index (χ2n) is 2.71. The lowest BCUT2D eigenvalue weighted by Crippen LogP contribution is -2.03. The van der Waals surface area contributed by atoms with Crippen LogP contribution in [-0.2, 0) is 0 Å². The van der Waals surface area contributed by atoms with E-state index in [1.54, 1.807) is 6.92 Å². The standard InChI is InChI=1S/C8H6ClNO4/c1-4-2-5(8(11)12)7(10(13)14)6(9)3-4/h2-3H,1H3,(H,11,12). The van der Waals surface area contributed by atoms with Gasteiger partial charge in [-0.25, -0.2) is 4.79 Å². The highest BCUT2D eigenvalue weighted by molar-refractivity contribution is 6.33. The van der Waals surface area contributed by atoms with Gasteiger partial charge in [0.25, 0.3) is 0 Å². The molecule has 0 atom stereocenters. The van der Waals surface area contributed by atoms with Crippen molar-refractivity contribution in [1.29, 1.82) is 0 Å². The first-order valence-corrected chi connectivity index (χ1v) is 3.99. The molecule has 0 aliphatic heterocycles. The molecule has 0 bridgehead atoms. The first kappa shape index (κ1) is 10.5. The lowest BCUT2D eigenvalue weighted by Gasteiger charge is -2.01. The molecule has 14 heavy (non-hydrogen) atoms. The number of aryl methyl sites for hydroxylation is 1. The van der Waals surface area contributed by atoms with Gasteiger partial charge in [-0.15, -0.1) is 0 Å². The zero-order chi connectivity index (χ0) is 10.9. The van der Waals surface area contributed by atoms with E-state index >= 15 is 0 Å². The summed E-state index contributed by atoms with van der Waals surface area (Å²) >= 11 is 5.57. The highest BCUT2D eigenvalue weighted by Gasteiger charge is 2.23. The van der Waals surface area contributed by atoms with Crippen molar-refractivity contribution in [2.45, 2.75) is 6.92 Å². The summed E-state index contributed by atoms with van der Waals surface area (Å²) < 4.78 is 0. The SMILES string of the molecule is Cc1cc(Cl)c([N+](=O)[O-])c(C(=O)O)c1. The second-order valence-corrected chi connectivity index (χ2v) is 3.11. The van der Waals surface area contributed by atoms with Crippen LogP contribution in [0.5, 0.6) is 0 Å². The maximum Gasteiger partial charge on any atom is 0.342 e. The summed E-state index contributed by atoms with van der Waals surface area (Å²) in [5.41, 5.74) is -0.386. The van der Waals surface area contributed by atoms with E-state index in [1.807, 2.05) is 0 Å². The lowest BCUT2D eigenvalue weighted by atomic mass is 10.1. The van der Waals surface area contributed by atoms with Crippen LogP contribution in [-0.4, -0.2) is 16.0 Å². The summed E-state index contributed by atoms with van der Waals surface area (Å²) in [6, 6.07) is 2.57. The number of nitro groups is 1. The molecule has 0 aromatic heterocycles. The Balaban J connectivity index is 3.52. The molecule has 6 heteroatoms. The summed E-state index contributed by atoms with van der Waals surface area (Å²) in [6.45, 7) is 1.61. The number of hydrogen-bond acceptors (Lipinski definition) is 3. The maximum atomic E-state index is 10.7. The van der Waals surface area contributed by atoms with Crippen LogP contribution in [0.15, 0.2) is 12.1 Å². The Morgan fingerprint density at radius 1 is 1.57 bits per heavy atom. The first-order chi connectivity index (χ1) is 6.43. The van der Waals surface area contributed by atoms with Crippen LogP contribution >= 0.6 is 11.6 Å². The molecule has 0 fully saturated rings. The number of nitro benzene ring substituents is 1. The van der Waals surface area contributed by atoms with Crippen LogP contribution in [0.4, 0.5) is 5.69 Å². The highest BCUT2D eigenvalue weighted by atomic mass is 35.5. The molecule has 5 nitrogen and oxygen atoms in total. The van der Waals surface area contributed by atoms with Crippen molar-refractivity contribution in [2.75, 3.05) is 0 Å². The van der Waals surface area contributed by atoms with Crippen molar-refractivity contribution in [3.8, 4) is 0 Å². The predicted octanol–water partition coefficient (Wildman–Crippen LogP) is 2.25. The molecule has 0 saturated heterocycles. The predicted molar refractivity (Wildman–Crippen MR) is 49.8 cm³/mol. The van der Waals surface area contributed by atoms with Gasteiger partial charge in [0.15, 0.2) is 0 Å². The minimum absolute atomic E-state index is 0.160. The molecule has 1 rings (SSSR count). The normalized spacial score (nSPS) is 9.86. The van der Waals surface area contributed by atoms with Crippen molar-refractivity contribution in [3.63, 3.8) is 0 Å². The minimum Gasteiger partial charge on any atom is -0.477 e. The zero-order valence-corrected chi connectivity index (χ0v) is 7.91. The number of halogens is 1. The van der Waals surface area contributed by atoms with E-state index in [0.29, 0.717) is 5.56 Å². The monoisotopic (exact) mass is 215 g/mol. The number of benzene rings is 1. The van der Waals surface area contributed by atoms with Gasteiger partial charge in [-0.2, -0.15) is 0 Å². The second kappa shape index (κ2) is 3.63. The largest absolute Gasteiger partial charge is 0.477 e. The molecule has 0 amide bonds. The van der Waals surface area contributed by atoms with E-state index in [-0.39, 0.29) is 10.6 Å². The third-order valence-electron chi connectivity index (χ3n) is 1.62. The van der Waals surface area contributed by atoms with Crippen molar-refractivity contribution in [3.05, 3.63) is 38.4 Å². The molecule has 1 N–H and O–H groups in total. The molecule has 0 aliphatic carbocycles. The Morgan fingerprint density at radius 2 is 2.14 bits per heavy atom. The van der Waals surface area contributed by atoms with Crippen molar-refractivity contribution >= 4 is 23.3 Å². The number of carboxylic acid groups (broad SMARTS) is 1. The van der Waals surface area contributed by atoms with Crippen molar-refractivity contribution in [2.24, 2.45) is 0 Å². The molecule has 1 aromatic rings. The average Bonchev–Trinajstić information content (AvgIpc) is 2.01. The molecular formula is C8H6ClNO4. The van der Waals surface area contributed by atoms with Crippen LogP contribution < -0.4 is 0 Å². The van der Waals surface area contributed by atoms with Crippen LogP contribution in [0.2, 0.25) is 5.02 Å². The van der Waals surface area contributed by atoms with Gasteiger partial charge >= 0.3 is 11.7 Å². The minimum atomic E-state index is -1.36. The molecule has 1 aromatic carbocycles. The fraction of sp³-hybridized carbons (Fsp3) is 0.125. The quantitative estimate of drug-likeness (QED) is 0.606. The summed E-state index contributed by atoms with van der Waals surface area (Å²) in [6.07, 6.45) is 0. The summed E-state index contributed by atoms with van der Waals surface area (Å²) in [4.78, 5) is 20.4. The van der Waals surface area contributed by atoms with Crippen LogP contribution in [0, 0.1) is 17.0 Å². The lowest BCUT2D eigenvalue weighted by molar-refractivity contribution is -0.385. The fourth-order valence-electron chi connectivity index (χ4n) is 1.08. The van der Waals surface area contributed by atoms with Gasteiger partial charge < -0.3 is 5.11 Å². The first-order valence-electron chi connectivity index (χ1n) is 3.61. The van der Waals surface area contributed by atoms with Crippen molar-refractivity contribution in [1.82, 2.24) is 0 Å². The highest BCUT2D eigenvalue weighted by Crippen LogP contribution is 2.29. The van der Waals surface area contributed by atoms with Crippen molar-refractivity contribution < 1.29 is 14.8 Å². The van der Waals surface area contributed by atoms with Crippen LogP contribution in [0.25, 0.3) is 0 Å². The summed E-state index contributed by atoms with van der Waals surface area (Å²) in [7, 11) is 0. The molecule has 74 valence electrons. The van der Waals surface area contributed by atoms with E-state index in [9.17, 15) is 14.9 Å². The van der Waals surface area contributed by atoms with Gasteiger partial charge in [-0.1, -0.05) is 11.6 Å². The Hall–Kier alpha value is -1.62. The Labute approximate surface area is 84.1 Å². The van der Waals surface area contributed by atoms with E-state index in [0.717, 1.165) is 0 Å². The molecule has 0 spiro atoms. The smallest absolute Gasteiger partial charge is 0.342 e. The molecule has 0 unspecified atom stereocenters. The number of carboxylic acids is 1. The number of nitrogens with zero attached hydrogens (tertiary/aromatic N) is 1. The van der Waals surface area contributed by atoms with Crippen LogP contribution in [0.3, 0.4) is 0 Å². The molecule has 0 aliphatic rings. The van der Waals surface area contributed by atoms with E-state index in [1.165, 1.54) is 12.1 Å². The summed E-state index contributed by atoms with van der Waals surface area (Å²) in [5.74, 6) is -1.36. The number of hydrogen-bond donors (Lipinski definition) is 1.